The Bertz CT molecular complexity index is 963. The summed E-state index contributed by atoms with van der Waals surface area (Å²) in [5.41, 5.74) is 1.62. The SMILES string of the molecule is COc1ccc(C2(O)CCC(N3CC(NC(=O)CNC(=O)c4ccc(C)cc4)C3)CC2)cn1. The van der Waals surface area contributed by atoms with Gasteiger partial charge in [-0.3, -0.25) is 14.5 Å². The first-order valence-electron chi connectivity index (χ1n) is 11.5. The predicted octanol–water partition coefficient (Wildman–Crippen LogP) is 1.76. The van der Waals surface area contributed by atoms with Crippen LogP contribution in [0.3, 0.4) is 0 Å². The number of rotatable bonds is 7. The van der Waals surface area contributed by atoms with Gasteiger partial charge in [0.05, 0.1) is 25.3 Å². The zero-order valence-corrected chi connectivity index (χ0v) is 19.2. The number of aromatic nitrogens is 1. The van der Waals surface area contributed by atoms with Crippen LogP contribution in [0.5, 0.6) is 5.88 Å². The number of amides is 2. The van der Waals surface area contributed by atoms with Gasteiger partial charge in [0.2, 0.25) is 11.8 Å². The standard InChI is InChI=1S/C25H32N4O4/c1-17-3-5-18(6-4-17)24(31)27-14-22(30)28-20-15-29(16-20)21-9-11-25(32,12-10-21)19-7-8-23(33-2)26-13-19/h3-8,13,20-21,32H,9-12,14-16H2,1-2H3,(H,27,31)(H,28,30). The van der Waals surface area contributed by atoms with Gasteiger partial charge < -0.3 is 20.5 Å². The van der Waals surface area contributed by atoms with Crippen LogP contribution >= 0.6 is 0 Å². The number of aryl methyl sites for hydroxylation is 1. The summed E-state index contributed by atoms with van der Waals surface area (Å²) >= 11 is 0. The molecule has 1 saturated carbocycles. The molecule has 2 aliphatic rings. The summed E-state index contributed by atoms with van der Waals surface area (Å²) in [5.74, 6) is 0.117. The first-order chi connectivity index (χ1) is 15.9. The Hall–Kier alpha value is -2.97. The average molecular weight is 453 g/mol. The zero-order chi connectivity index (χ0) is 23.4. The lowest BCUT2D eigenvalue weighted by Crippen LogP contribution is -2.63. The summed E-state index contributed by atoms with van der Waals surface area (Å²) < 4.78 is 5.10. The third kappa shape index (κ3) is 5.51. The second-order valence-electron chi connectivity index (χ2n) is 9.12. The number of benzene rings is 1. The highest BCUT2D eigenvalue weighted by Crippen LogP contribution is 2.39. The molecule has 0 unspecified atom stereocenters. The summed E-state index contributed by atoms with van der Waals surface area (Å²) in [7, 11) is 1.58. The monoisotopic (exact) mass is 452 g/mol. The van der Waals surface area contributed by atoms with Crippen molar-refractivity contribution in [2.45, 2.75) is 50.3 Å². The van der Waals surface area contributed by atoms with Crippen LogP contribution in [0, 0.1) is 6.92 Å². The molecule has 1 aliphatic carbocycles. The Morgan fingerprint density at radius 2 is 1.85 bits per heavy atom. The van der Waals surface area contributed by atoms with E-state index in [1.165, 1.54) is 0 Å². The Balaban J connectivity index is 1.16. The average Bonchev–Trinajstić information content (AvgIpc) is 2.81. The first kappa shape index (κ1) is 23.2. The van der Waals surface area contributed by atoms with Gasteiger partial charge in [0.15, 0.2) is 0 Å². The Morgan fingerprint density at radius 3 is 2.45 bits per heavy atom. The summed E-state index contributed by atoms with van der Waals surface area (Å²) in [4.78, 5) is 30.9. The summed E-state index contributed by atoms with van der Waals surface area (Å²) in [6.07, 6.45) is 4.87. The van der Waals surface area contributed by atoms with E-state index in [2.05, 4.69) is 20.5 Å². The van der Waals surface area contributed by atoms with Crippen molar-refractivity contribution in [3.63, 3.8) is 0 Å². The molecular formula is C25H32N4O4. The van der Waals surface area contributed by atoms with Gasteiger partial charge in [0.25, 0.3) is 5.91 Å². The molecule has 2 fully saturated rings. The van der Waals surface area contributed by atoms with Crippen LogP contribution < -0.4 is 15.4 Å². The van der Waals surface area contributed by atoms with E-state index in [0.717, 1.165) is 37.1 Å². The molecule has 8 nitrogen and oxygen atoms in total. The maximum absolute atomic E-state index is 12.2. The van der Waals surface area contributed by atoms with Crippen molar-refractivity contribution in [2.75, 3.05) is 26.7 Å². The molecule has 2 heterocycles. The number of likely N-dealkylation sites (tertiary alicyclic amines) is 1. The minimum Gasteiger partial charge on any atom is -0.481 e. The van der Waals surface area contributed by atoms with Crippen LogP contribution in [0.25, 0.3) is 0 Å². The van der Waals surface area contributed by atoms with Crippen molar-refractivity contribution in [1.82, 2.24) is 20.5 Å². The molecule has 176 valence electrons. The summed E-state index contributed by atoms with van der Waals surface area (Å²) in [5, 5.41) is 16.7. The molecule has 8 heteroatoms. The number of carbonyl (C=O) groups is 2. The number of hydrogen-bond acceptors (Lipinski definition) is 6. The molecule has 33 heavy (non-hydrogen) atoms. The van der Waals surface area contributed by atoms with Gasteiger partial charge in [-0.2, -0.15) is 0 Å². The Labute approximate surface area is 194 Å². The molecule has 0 spiro atoms. The molecule has 1 aromatic carbocycles. The Kier molecular flexibility index (Phi) is 6.95. The minimum atomic E-state index is -0.843. The number of nitrogens with one attached hydrogen (secondary N) is 2. The van der Waals surface area contributed by atoms with Gasteiger partial charge in [-0.25, -0.2) is 4.98 Å². The van der Waals surface area contributed by atoms with Crippen molar-refractivity contribution in [1.29, 1.82) is 0 Å². The molecule has 2 amide bonds. The molecule has 0 radical (unpaired) electrons. The van der Waals surface area contributed by atoms with E-state index in [-0.39, 0.29) is 24.4 Å². The lowest BCUT2D eigenvalue weighted by Gasteiger charge is -2.48. The van der Waals surface area contributed by atoms with E-state index in [1.807, 2.05) is 25.1 Å². The van der Waals surface area contributed by atoms with E-state index < -0.39 is 5.60 Å². The van der Waals surface area contributed by atoms with E-state index in [9.17, 15) is 14.7 Å². The van der Waals surface area contributed by atoms with Gasteiger partial charge >= 0.3 is 0 Å². The fourth-order valence-electron chi connectivity index (χ4n) is 4.66. The predicted molar refractivity (Wildman–Crippen MR) is 124 cm³/mol. The number of pyridine rings is 1. The molecular weight excluding hydrogens is 420 g/mol. The van der Waals surface area contributed by atoms with Crippen LogP contribution in [0.1, 0.15) is 47.2 Å². The minimum absolute atomic E-state index is 0.0322. The number of ether oxygens (including phenoxy) is 1. The largest absolute Gasteiger partial charge is 0.481 e. The van der Waals surface area contributed by atoms with Gasteiger partial charge in [-0.1, -0.05) is 17.7 Å². The van der Waals surface area contributed by atoms with Crippen molar-refractivity contribution in [3.05, 3.63) is 59.3 Å². The van der Waals surface area contributed by atoms with Crippen LogP contribution in [-0.2, 0) is 10.4 Å². The molecule has 1 aliphatic heterocycles. The molecule has 1 saturated heterocycles. The molecule has 2 aromatic rings. The smallest absolute Gasteiger partial charge is 0.251 e. The molecule has 0 atom stereocenters. The highest BCUT2D eigenvalue weighted by Gasteiger charge is 2.40. The summed E-state index contributed by atoms with van der Waals surface area (Å²) in [6, 6.07) is 11.4. The quantitative estimate of drug-likeness (QED) is 0.592. The van der Waals surface area contributed by atoms with Crippen LogP contribution in [0.2, 0.25) is 0 Å². The first-order valence-corrected chi connectivity index (χ1v) is 11.5. The molecule has 1 aromatic heterocycles. The second kappa shape index (κ2) is 9.89. The van der Waals surface area contributed by atoms with Gasteiger partial charge in [-0.05, 0) is 50.8 Å². The lowest BCUT2D eigenvalue weighted by atomic mass is 9.77. The highest BCUT2D eigenvalue weighted by molar-refractivity contribution is 5.96. The van der Waals surface area contributed by atoms with Crippen LogP contribution in [0.15, 0.2) is 42.6 Å². The molecule has 0 bridgehead atoms. The number of carbonyl (C=O) groups excluding carboxylic acids is 2. The van der Waals surface area contributed by atoms with Gasteiger partial charge in [-0.15, -0.1) is 0 Å². The third-order valence-corrected chi connectivity index (χ3v) is 6.78. The van der Waals surface area contributed by atoms with Gasteiger partial charge in [0.1, 0.15) is 0 Å². The number of nitrogens with zero attached hydrogens (tertiary/aromatic N) is 2. The van der Waals surface area contributed by atoms with Crippen molar-refractivity contribution in [2.24, 2.45) is 0 Å². The maximum Gasteiger partial charge on any atom is 0.251 e. The maximum atomic E-state index is 12.2. The number of methoxy groups -OCH3 is 1. The normalized spacial score (nSPS) is 23.4. The fraction of sp³-hybridized carbons (Fsp3) is 0.480. The molecule has 4 rings (SSSR count). The second-order valence-corrected chi connectivity index (χ2v) is 9.12. The third-order valence-electron chi connectivity index (χ3n) is 6.78. The van der Waals surface area contributed by atoms with E-state index in [1.54, 1.807) is 31.5 Å². The number of aliphatic hydroxyl groups is 1. The molecule has 3 N–H and O–H groups in total. The summed E-state index contributed by atoms with van der Waals surface area (Å²) in [6.45, 7) is 3.52. The van der Waals surface area contributed by atoms with Crippen LogP contribution in [-0.4, -0.2) is 65.6 Å². The zero-order valence-electron chi connectivity index (χ0n) is 19.2. The van der Waals surface area contributed by atoms with Crippen molar-refractivity contribution >= 4 is 11.8 Å². The Morgan fingerprint density at radius 1 is 1.15 bits per heavy atom. The topological polar surface area (TPSA) is 104 Å². The van der Waals surface area contributed by atoms with Gasteiger partial charge in [0, 0.05) is 42.5 Å². The van der Waals surface area contributed by atoms with E-state index in [0.29, 0.717) is 30.3 Å². The van der Waals surface area contributed by atoms with Crippen molar-refractivity contribution in [3.8, 4) is 5.88 Å². The number of hydrogen-bond donors (Lipinski definition) is 3. The lowest BCUT2D eigenvalue weighted by molar-refractivity contribution is -0.122. The fourth-order valence-corrected chi connectivity index (χ4v) is 4.66. The van der Waals surface area contributed by atoms with E-state index >= 15 is 0 Å². The van der Waals surface area contributed by atoms with Crippen LogP contribution in [0.4, 0.5) is 0 Å². The highest BCUT2D eigenvalue weighted by atomic mass is 16.5. The van der Waals surface area contributed by atoms with Crippen molar-refractivity contribution < 1.29 is 19.4 Å². The van der Waals surface area contributed by atoms with E-state index in [4.69, 9.17) is 4.74 Å².